The molecule has 1 unspecified atom stereocenters. The number of nitrogens with one attached hydrogen (secondary N) is 1. The van der Waals surface area contributed by atoms with E-state index in [1.54, 1.807) is 0 Å². The third-order valence-electron chi connectivity index (χ3n) is 2.37. The van der Waals surface area contributed by atoms with Crippen LogP contribution < -0.4 is 10.1 Å². The number of aliphatic hydroxyl groups excluding tert-OH is 1. The summed E-state index contributed by atoms with van der Waals surface area (Å²) in [6.45, 7) is 6.53. The number of benzene rings is 1. The van der Waals surface area contributed by atoms with E-state index in [-0.39, 0.29) is 12.5 Å². The highest BCUT2D eigenvalue weighted by atomic mass is 16.5. The molecule has 0 spiro atoms. The standard InChI is InChI=1S/C13H21NO2/c1-3-14-8-12-6-4-5-7-13(12)16-10-11(2)9-15/h4-7,11,14-15H,3,8-10H2,1-2H3. The second-order valence-corrected chi connectivity index (χ2v) is 3.99. The summed E-state index contributed by atoms with van der Waals surface area (Å²) in [6.07, 6.45) is 0. The molecule has 0 heterocycles. The van der Waals surface area contributed by atoms with Gasteiger partial charge in [-0.25, -0.2) is 0 Å². The highest BCUT2D eigenvalue weighted by Crippen LogP contribution is 2.18. The van der Waals surface area contributed by atoms with Crippen molar-refractivity contribution in [3.05, 3.63) is 29.8 Å². The minimum absolute atomic E-state index is 0.162. The third kappa shape index (κ3) is 4.21. The Balaban J connectivity index is 2.56. The van der Waals surface area contributed by atoms with Gasteiger partial charge in [0.05, 0.1) is 6.61 Å². The zero-order chi connectivity index (χ0) is 11.8. The summed E-state index contributed by atoms with van der Waals surface area (Å²) in [5, 5.41) is 12.2. The number of aliphatic hydroxyl groups is 1. The van der Waals surface area contributed by atoms with Gasteiger partial charge in [0.2, 0.25) is 0 Å². The molecule has 0 aliphatic rings. The Hall–Kier alpha value is -1.06. The van der Waals surface area contributed by atoms with Crippen LogP contribution in [0.25, 0.3) is 0 Å². The van der Waals surface area contributed by atoms with Crippen molar-refractivity contribution in [2.75, 3.05) is 19.8 Å². The predicted molar refractivity (Wildman–Crippen MR) is 65.6 cm³/mol. The first-order valence-electron chi connectivity index (χ1n) is 5.80. The van der Waals surface area contributed by atoms with Crippen LogP contribution in [0.3, 0.4) is 0 Å². The Morgan fingerprint density at radius 1 is 1.38 bits per heavy atom. The molecule has 16 heavy (non-hydrogen) atoms. The Kier molecular flexibility index (Phi) is 5.90. The van der Waals surface area contributed by atoms with Gasteiger partial charge in [-0.3, -0.25) is 0 Å². The summed E-state index contributed by atoms with van der Waals surface area (Å²) in [5.41, 5.74) is 1.16. The third-order valence-corrected chi connectivity index (χ3v) is 2.37. The van der Waals surface area contributed by atoms with Crippen molar-refractivity contribution < 1.29 is 9.84 Å². The first-order valence-corrected chi connectivity index (χ1v) is 5.80. The number of hydrogen-bond acceptors (Lipinski definition) is 3. The maximum absolute atomic E-state index is 8.93. The molecular weight excluding hydrogens is 202 g/mol. The van der Waals surface area contributed by atoms with Gasteiger partial charge in [-0.05, 0) is 12.6 Å². The SMILES string of the molecule is CCNCc1ccccc1OCC(C)CO. The summed E-state index contributed by atoms with van der Waals surface area (Å²) < 4.78 is 5.69. The molecule has 90 valence electrons. The average molecular weight is 223 g/mol. The summed E-state index contributed by atoms with van der Waals surface area (Å²) >= 11 is 0. The molecule has 3 nitrogen and oxygen atoms in total. The number of ether oxygens (including phenoxy) is 1. The molecule has 3 heteroatoms. The molecule has 0 saturated heterocycles. The molecule has 1 aromatic carbocycles. The number of rotatable bonds is 7. The van der Waals surface area contributed by atoms with E-state index in [0.717, 1.165) is 24.4 Å². The molecule has 1 rings (SSSR count). The molecule has 0 bridgehead atoms. The second kappa shape index (κ2) is 7.25. The molecule has 1 aromatic rings. The Morgan fingerprint density at radius 3 is 2.81 bits per heavy atom. The predicted octanol–water partition coefficient (Wildman–Crippen LogP) is 1.80. The van der Waals surface area contributed by atoms with Crippen LogP contribution in [-0.4, -0.2) is 24.9 Å². The molecule has 0 radical (unpaired) electrons. The lowest BCUT2D eigenvalue weighted by Gasteiger charge is -2.14. The quantitative estimate of drug-likeness (QED) is 0.740. The van der Waals surface area contributed by atoms with Gasteiger partial charge >= 0.3 is 0 Å². The molecule has 0 aliphatic carbocycles. The van der Waals surface area contributed by atoms with Gasteiger partial charge in [-0.2, -0.15) is 0 Å². The topological polar surface area (TPSA) is 41.5 Å². The fourth-order valence-electron chi connectivity index (χ4n) is 1.34. The van der Waals surface area contributed by atoms with Crippen LogP contribution in [0.1, 0.15) is 19.4 Å². The fourth-order valence-corrected chi connectivity index (χ4v) is 1.34. The maximum Gasteiger partial charge on any atom is 0.123 e. The summed E-state index contributed by atoms with van der Waals surface area (Å²) in [7, 11) is 0. The molecular formula is C13H21NO2. The number of para-hydroxylation sites is 1. The summed E-state index contributed by atoms with van der Waals surface area (Å²) in [4.78, 5) is 0. The number of hydrogen-bond donors (Lipinski definition) is 2. The van der Waals surface area contributed by atoms with Crippen molar-refractivity contribution in [2.45, 2.75) is 20.4 Å². The zero-order valence-corrected chi connectivity index (χ0v) is 10.1. The molecule has 0 fully saturated rings. The monoisotopic (exact) mass is 223 g/mol. The van der Waals surface area contributed by atoms with Crippen molar-refractivity contribution in [3.8, 4) is 5.75 Å². The minimum atomic E-state index is 0.162. The van der Waals surface area contributed by atoms with Gasteiger partial charge in [0, 0.05) is 24.6 Å². The smallest absolute Gasteiger partial charge is 0.123 e. The van der Waals surface area contributed by atoms with Gasteiger partial charge in [0.25, 0.3) is 0 Å². The highest BCUT2D eigenvalue weighted by Gasteiger charge is 2.05. The molecule has 0 aliphatic heterocycles. The van der Waals surface area contributed by atoms with Crippen molar-refractivity contribution in [3.63, 3.8) is 0 Å². The summed E-state index contributed by atoms with van der Waals surface area (Å²) in [5.74, 6) is 1.08. The normalized spacial score (nSPS) is 12.4. The van der Waals surface area contributed by atoms with Gasteiger partial charge in [-0.15, -0.1) is 0 Å². The van der Waals surface area contributed by atoms with Gasteiger partial charge in [0.15, 0.2) is 0 Å². The van der Waals surface area contributed by atoms with Crippen LogP contribution in [0.5, 0.6) is 5.75 Å². The molecule has 1 atom stereocenters. The lowest BCUT2D eigenvalue weighted by molar-refractivity contribution is 0.173. The minimum Gasteiger partial charge on any atom is -0.493 e. The van der Waals surface area contributed by atoms with Crippen LogP contribution in [-0.2, 0) is 6.54 Å². The van der Waals surface area contributed by atoms with E-state index >= 15 is 0 Å². The fraction of sp³-hybridized carbons (Fsp3) is 0.538. The average Bonchev–Trinajstić information content (AvgIpc) is 2.34. The lowest BCUT2D eigenvalue weighted by atomic mass is 10.2. The van der Waals surface area contributed by atoms with E-state index in [9.17, 15) is 0 Å². The van der Waals surface area contributed by atoms with E-state index in [4.69, 9.17) is 9.84 Å². The van der Waals surface area contributed by atoms with Crippen LogP contribution in [0, 0.1) is 5.92 Å². The molecule has 2 N–H and O–H groups in total. The Bertz CT molecular complexity index is 302. The van der Waals surface area contributed by atoms with Gasteiger partial charge < -0.3 is 15.2 Å². The van der Waals surface area contributed by atoms with Crippen molar-refractivity contribution in [1.29, 1.82) is 0 Å². The van der Waals surface area contributed by atoms with E-state index in [0.29, 0.717) is 6.61 Å². The van der Waals surface area contributed by atoms with Crippen molar-refractivity contribution in [2.24, 2.45) is 5.92 Å². The second-order valence-electron chi connectivity index (χ2n) is 3.99. The molecule has 0 saturated carbocycles. The van der Waals surface area contributed by atoms with Crippen LogP contribution in [0.4, 0.5) is 0 Å². The maximum atomic E-state index is 8.93. The van der Waals surface area contributed by atoms with Crippen LogP contribution in [0.15, 0.2) is 24.3 Å². The van der Waals surface area contributed by atoms with E-state index in [1.807, 2.05) is 25.1 Å². The first kappa shape index (κ1) is 13.0. The largest absolute Gasteiger partial charge is 0.493 e. The zero-order valence-electron chi connectivity index (χ0n) is 10.1. The highest BCUT2D eigenvalue weighted by molar-refractivity contribution is 5.33. The Morgan fingerprint density at radius 2 is 2.12 bits per heavy atom. The lowest BCUT2D eigenvalue weighted by Crippen LogP contribution is -2.15. The molecule has 0 amide bonds. The van der Waals surface area contributed by atoms with Gasteiger partial charge in [0.1, 0.15) is 5.75 Å². The Labute approximate surface area is 97.4 Å². The van der Waals surface area contributed by atoms with Crippen LogP contribution >= 0.6 is 0 Å². The first-order chi connectivity index (χ1) is 7.77. The molecule has 0 aromatic heterocycles. The van der Waals surface area contributed by atoms with E-state index in [2.05, 4.69) is 18.3 Å². The van der Waals surface area contributed by atoms with Crippen LogP contribution in [0.2, 0.25) is 0 Å². The van der Waals surface area contributed by atoms with E-state index < -0.39 is 0 Å². The summed E-state index contributed by atoms with van der Waals surface area (Å²) in [6, 6.07) is 8.00. The van der Waals surface area contributed by atoms with Gasteiger partial charge in [-0.1, -0.05) is 32.0 Å². The van der Waals surface area contributed by atoms with Crippen molar-refractivity contribution in [1.82, 2.24) is 5.32 Å². The van der Waals surface area contributed by atoms with E-state index in [1.165, 1.54) is 0 Å². The van der Waals surface area contributed by atoms with Crippen molar-refractivity contribution >= 4 is 0 Å².